The first-order valence-corrected chi connectivity index (χ1v) is 6.19. The molecule has 2 N–H and O–H groups in total. The van der Waals surface area contributed by atoms with Gasteiger partial charge in [-0.25, -0.2) is 9.49 Å². The summed E-state index contributed by atoms with van der Waals surface area (Å²) in [6.45, 7) is 0. The number of rotatable bonds is 2. The number of nitrogens with one attached hydrogen (secondary N) is 2. The third-order valence-electron chi connectivity index (χ3n) is 2.99. The fraction of sp³-hybridized carbons (Fsp3) is 0. The molecule has 5 nitrogen and oxygen atoms in total. The minimum absolute atomic E-state index is 0.0782. The highest BCUT2D eigenvalue weighted by atomic mass is 19.1. The van der Waals surface area contributed by atoms with Crippen molar-refractivity contribution < 1.29 is 9.18 Å². The first-order chi connectivity index (χ1) is 10.1. The maximum absolute atomic E-state index is 13.1. The number of aromatic amines is 1. The average Bonchev–Trinajstić information content (AvgIpc) is 2.48. The van der Waals surface area contributed by atoms with E-state index in [1.807, 2.05) is 0 Å². The van der Waals surface area contributed by atoms with Gasteiger partial charge >= 0.3 is 0 Å². The molecule has 0 aliphatic heterocycles. The minimum atomic E-state index is -0.520. The monoisotopic (exact) mass is 283 g/mol. The standard InChI is InChI=1S/C15H10FN3O2/c16-9-4-3-5-10(8-9)17-15(21)13-11-6-1-2-7-12(11)14(20)19-18-13/h1-8H,(H,17,21)(H,19,20). The van der Waals surface area contributed by atoms with E-state index in [0.717, 1.165) is 0 Å². The predicted molar refractivity (Wildman–Crippen MR) is 76.7 cm³/mol. The molecule has 0 fully saturated rings. The first kappa shape index (κ1) is 13.0. The van der Waals surface area contributed by atoms with Crippen LogP contribution in [0.2, 0.25) is 0 Å². The molecule has 0 saturated carbocycles. The van der Waals surface area contributed by atoms with Gasteiger partial charge in [0.1, 0.15) is 5.82 Å². The maximum Gasteiger partial charge on any atom is 0.276 e. The quantitative estimate of drug-likeness (QED) is 0.758. The van der Waals surface area contributed by atoms with Gasteiger partial charge in [0, 0.05) is 11.1 Å². The third-order valence-corrected chi connectivity index (χ3v) is 2.99. The zero-order valence-electron chi connectivity index (χ0n) is 10.8. The zero-order valence-corrected chi connectivity index (χ0v) is 10.8. The first-order valence-electron chi connectivity index (χ1n) is 6.19. The molecular weight excluding hydrogens is 273 g/mol. The summed E-state index contributed by atoms with van der Waals surface area (Å²) in [6.07, 6.45) is 0. The van der Waals surface area contributed by atoms with Gasteiger partial charge in [0.2, 0.25) is 0 Å². The second-order valence-corrected chi connectivity index (χ2v) is 4.41. The van der Waals surface area contributed by atoms with Gasteiger partial charge in [-0.15, -0.1) is 0 Å². The second-order valence-electron chi connectivity index (χ2n) is 4.41. The number of carbonyl (C=O) groups excluding carboxylic acids is 1. The number of aromatic nitrogens is 2. The average molecular weight is 283 g/mol. The van der Waals surface area contributed by atoms with E-state index in [9.17, 15) is 14.0 Å². The molecule has 3 rings (SSSR count). The predicted octanol–water partition coefficient (Wildman–Crippen LogP) is 2.31. The van der Waals surface area contributed by atoms with Crippen LogP contribution in [0, 0.1) is 5.82 Å². The molecule has 0 bridgehead atoms. The number of benzene rings is 2. The Kier molecular flexibility index (Phi) is 3.19. The van der Waals surface area contributed by atoms with E-state index in [1.54, 1.807) is 30.3 Å². The van der Waals surface area contributed by atoms with Crippen LogP contribution in [0.5, 0.6) is 0 Å². The fourth-order valence-electron chi connectivity index (χ4n) is 2.04. The molecule has 0 atom stereocenters. The highest BCUT2D eigenvalue weighted by Crippen LogP contribution is 2.15. The third kappa shape index (κ3) is 2.51. The number of hydrogen-bond acceptors (Lipinski definition) is 3. The fourth-order valence-corrected chi connectivity index (χ4v) is 2.04. The zero-order chi connectivity index (χ0) is 14.8. The molecule has 21 heavy (non-hydrogen) atoms. The van der Waals surface area contributed by atoms with Crippen molar-refractivity contribution in [2.75, 3.05) is 5.32 Å². The SMILES string of the molecule is O=C(Nc1cccc(F)c1)c1n[nH]c(=O)c2ccccc12. The lowest BCUT2D eigenvalue weighted by atomic mass is 10.1. The Morgan fingerprint density at radius 2 is 1.86 bits per heavy atom. The van der Waals surface area contributed by atoms with Crippen LogP contribution in [0.15, 0.2) is 53.3 Å². The van der Waals surface area contributed by atoms with Crippen LogP contribution >= 0.6 is 0 Å². The summed E-state index contributed by atoms with van der Waals surface area (Å²) < 4.78 is 13.1. The Bertz CT molecular complexity index is 889. The van der Waals surface area contributed by atoms with Gasteiger partial charge in [-0.05, 0) is 24.3 Å². The van der Waals surface area contributed by atoms with Crippen molar-refractivity contribution in [2.45, 2.75) is 0 Å². The largest absolute Gasteiger partial charge is 0.320 e. The van der Waals surface area contributed by atoms with Gasteiger partial charge in [0.15, 0.2) is 5.69 Å². The maximum atomic E-state index is 13.1. The van der Waals surface area contributed by atoms with E-state index in [2.05, 4.69) is 15.5 Å². The van der Waals surface area contributed by atoms with Crippen molar-refractivity contribution in [3.8, 4) is 0 Å². The second kappa shape index (κ2) is 5.16. The molecule has 1 aromatic heterocycles. The number of fused-ring (bicyclic) bond motifs is 1. The molecular formula is C15H10FN3O2. The van der Waals surface area contributed by atoms with E-state index in [4.69, 9.17) is 0 Å². The van der Waals surface area contributed by atoms with Crippen LogP contribution in [0.3, 0.4) is 0 Å². The Labute approximate surface area is 118 Å². The number of halogens is 1. The van der Waals surface area contributed by atoms with E-state index in [0.29, 0.717) is 16.5 Å². The number of hydrogen-bond donors (Lipinski definition) is 2. The van der Waals surface area contributed by atoms with Crippen LogP contribution in [-0.2, 0) is 0 Å². The van der Waals surface area contributed by atoms with Gasteiger partial charge in [0.05, 0.1) is 5.39 Å². The van der Waals surface area contributed by atoms with Gasteiger partial charge in [-0.1, -0.05) is 24.3 Å². The number of H-pyrrole nitrogens is 1. The van der Waals surface area contributed by atoms with Crippen molar-refractivity contribution >= 4 is 22.4 Å². The molecule has 0 aliphatic carbocycles. The van der Waals surface area contributed by atoms with Crippen molar-refractivity contribution in [1.82, 2.24) is 10.2 Å². The van der Waals surface area contributed by atoms with Gasteiger partial charge in [-0.3, -0.25) is 9.59 Å². The summed E-state index contributed by atoms with van der Waals surface area (Å²) in [4.78, 5) is 23.9. The molecule has 1 amide bonds. The summed E-state index contributed by atoms with van der Waals surface area (Å²) in [5.74, 6) is -0.972. The van der Waals surface area contributed by atoms with Crippen LogP contribution in [0.4, 0.5) is 10.1 Å². The number of anilines is 1. The minimum Gasteiger partial charge on any atom is -0.320 e. The van der Waals surface area contributed by atoms with Gasteiger partial charge in [0.25, 0.3) is 11.5 Å². The molecule has 0 radical (unpaired) electrons. The molecule has 0 unspecified atom stereocenters. The van der Waals surface area contributed by atoms with Crippen LogP contribution in [-0.4, -0.2) is 16.1 Å². The van der Waals surface area contributed by atoms with Crippen LogP contribution < -0.4 is 10.9 Å². The van der Waals surface area contributed by atoms with Gasteiger partial charge < -0.3 is 5.32 Å². The number of nitrogens with zero attached hydrogens (tertiary/aromatic N) is 1. The normalized spacial score (nSPS) is 10.5. The van der Waals surface area contributed by atoms with Crippen LogP contribution in [0.1, 0.15) is 10.5 Å². The van der Waals surface area contributed by atoms with Crippen LogP contribution in [0.25, 0.3) is 10.8 Å². The lowest BCUT2D eigenvalue weighted by Crippen LogP contribution is -2.19. The summed E-state index contributed by atoms with van der Waals surface area (Å²) >= 11 is 0. The number of amides is 1. The topological polar surface area (TPSA) is 74.8 Å². The molecule has 2 aromatic carbocycles. The molecule has 0 spiro atoms. The van der Waals surface area contributed by atoms with Crippen molar-refractivity contribution in [1.29, 1.82) is 0 Å². The smallest absolute Gasteiger partial charge is 0.276 e. The summed E-state index contributed by atoms with van der Waals surface area (Å²) in [6, 6.07) is 12.2. The lowest BCUT2D eigenvalue weighted by molar-refractivity contribution is 0.102. The lowest BCUT2D eigenvalue weighted by Gasteiger charge is -2.06. The van der Waals surface area contributed by atoms with E-state index in [-0.39, 0.29) is 11.3 Å². The highest BCUT2D eigenvalue weighted by Gasteiger charge is 2.14. The Morgan fingerprint density at radius 1 is 1.10 bits per heavy atom. The van der Waals surface area contributed by atoms with Crippen molar-refractivity contribution in [3.05, 3.63) is 70.4 Å². The number of carbonyl (C=O) groups is 1. The molecule has 104 valence electrons. The molecule has 1 heterocycles. The Hall–Kier alpha value is -3.02. The molecule has 3 aromatic rings. The summed E-state index contributed by atoms with van der Waals surface area (Å²) in [5.41, 5.74) is 0.0273. The Morgan fingerprint density at radius 3 is 2.62 bits per heavy atom. The molecule has 0 aliphatic rings. The Balaban J connectivity index is 2.03. The van der Waals surface area contributed by atoms with Crippen molar-refractivity contribution in [2.24, 2.45) is 0 Å². The molecule has 0 saturated heterocycles. The van der Waals surface area contributed by atoms with Gasteiger partial charge in [-0.2, -0.15) is 5.10 Å². The van der Waals surface area contributed by atoms with E-state index >= 15 is 0 Å². The highest BCUT2D eigenvalue weighted by molar-refractivity contribution is 6.11. The van der Waals surface area contributed by atoms with Crippen molar-refractivity contribution in [3.63, 3.8) is 0 Å². The van der Waals surface area contributed by atoms with E-state index < -0.39 is 11.7 Å². The van der Waals surface area contributed by atoms with E-state index in [1.165, 1.54) is 18.2 Å². The summed E-state index contributed by atoms with van der Waals surface area (Å²) in [7, 11) is 0. The summed E-state index contributed by atoms with van der Waals surface area (Å²) in [5, 5.41) is 9.42. The molecule has 6 heteroatoms.